The van der Waals surface area contributed by atoms with Gasteiger partial charge in [-0.05, 0) is 126 Å². The molecule has 7 aromatic rings. The number of ether oxygens (including phenoxy) is 4. The van der Waals surface area contributed by atoms with Crippen LogP contribution in [0.25, 0.3) is 90.9 Å². The molecule has 8 bridgehead atoms. The topological polar surface area (TPSA) is 163 Å². The van der Waals surface area contributed by atoms with Crippen molar-refractivity contribution in [3.05, 3.63) is 193 Å². The molecule has 0 atom stereocenters. The Kier molecular flexibility index (Phi) is 20.2. The van der Waals surface area contributed by atoms with Gasteiger partial charge < -0.3 is 28.9 Å². The summed E-state index contributed by atoms with van der Waals surface area (Å²) in [4.78, 5) is 72.4. The van der Waals surface area contributed by atoms with Gasteiger partial charge in [0.05, 0.1) is 22.8 Å². The number of hydrogen-bond donors (Lipinski definition) is 2. The van der Waals surface area contributed by atoms with E-state index in [1.807, 2.05) is 198 Å². The predicted octanol–water partition coefficient (Wildman–Crippen LogP) is 16.4. The quantitative estimate of drug-likeness (QED) is 0.0325. The van der Waals surface area contributed by atoms with Crippen LogP contribution in [0.1, 0.15) is 102 Å². The van der Waals surface area contributed by atoms with Crippen LogP contribution in [-0.2, 0) is 38.7 Å². The molecule has 0 aliphatic carbocycles. The van der Waals surface area contributed by atoms with Gasteiger partial charge in [0, 0.05) is 112 Å². The van der Waals surface area contributed by atoms with Gasteiger partial charge in [0.2, 0.25) is 0 Å². The van der Waals surface area contributed by atoms with Gasteiger partial charge in [0.1, 0.15) is 23.0 Å². The summed E-state index contributed by atoms with van der Waals surface area (Å²) in [6, 6.07) is 37.3. The van der Waals surface area contributed by atoms with Crippen LogP contribution in [0.5, 0.6) is 23.0 Å². The third-order valence-electron chi connectivity index (χ3n) is 13.3. The third kappa shape index (κ3) is 14.0. The van der Waals surface area contributed by atoms with Crippen molar-refractivity contribution < 1.29 is 57.6 Å². The Hall–Kier alpha value is -9.06. The van der Waals surface area contributed by atoms with Crippen molar-refractivity contribution in [3.8, 4) is 67.5 Å². The first-order valence-corrected chi connectivity index (χ1v) is 27.0. The molecule has 9 rings (SSSR count). The van der Waals surface area contributed by atoms with Gasteiger partial charge in [-0.2, -0.15) is 0 Å². The summed E-state index contributed by atoms with van der Waals surface area (Å²) in [5.74, 6) is -0.223. The molecule has 5 heterocycles. The first-order valence-electron chi connectivity index (χ1n) is 27.0. The summed E-state index contributed by atoms with van der Waals surface area (Å²) in [7, 11) is 0. The number of para-hydroxylation sites is 4. The molecule has 0 saturated carbocycles. The fraction of sp³-hybridized carbons (Fsp3) is 0.176. The van der Waals surface area contributed by atoms with E-state index < -0.39 is 23.9 Å². The van der Waals surface area contributed by atoms with Crippen LogP contribution in [0.3, 0.4) is 0 Å². The molecule has 81 heavy (non-hydrogen) atoms. The second-order valence-corrected chi connectivity index (χ2v) is 18.8. The number of carbonyl (C=O) groups is 4. The van der Waals surface area contributed by atoms with Crippen molar-refractivity contribution in [3.63, 3.8) is 0 Å². The van der Waals surface area contributed by atoms with Gasteiger partial charge in [-0.3, -0.25) is 19.2 Å². The molecule has 0 unspecified atom stereocenters. The summed E-state index contributed by atoms with van der Waals surface area (Å²) in [5.41, 5.74) is 9.47. The van der Waals surface area contributed by atoms with E-state index in [2.05, 4.69) is 9.97 Å². The maximum absolute atomic E-state index is 13.5. The van der Waals surface area contributed by atoms with E-state index in [4.69, 9.17) is 28.9 Å². The molecule has 2 aliphatic rings. The number of allylic oxidation sites excluding steroid dienone is 8. The number of H-pyrrole nitrogens is 2. The minimum atomic E-state index is -0.394. The van der Waals surface area contributed by atoms with Crippen molar-refractivity contribution in [1.29, 1.82) is 0 Å². The molecular weight excluding hydrogens is 1070 g/mol. The molecule has 4 aromatic carbocycles. The summed E-state index contributed by atoms with van der Waals surface area (Å²) in [6.45, 7) is 7.64. The van der Waals surface area contributed by atoms with E-state index in [1.165, 1.54) is 0 Å². The number of nitrogens with zero attached hydrogens (tertiary/aromatic N) is 2. The van der Waals surface area contributed by atoms with Gasteiger partial charge >= 0.3 is 23.9 Å². The van der Waals surface area contributed by atoms with Crippen LogP contribution >= 0.6 is 0 Å². The second kappa shape index (κ2) is 28.2. The average Bonchev–Trinajstić information content (AvgIpc) is 4.42. The number of rotatable bonds is 20. The van der Waals surface area contributed by atoms with Gasteiger partial charge in [0.25, 0.3) is 0 Å². The SMILES string of the molecule is CC=CCCC(=O)Oc1ccccc1-c1c2nc(c(-c3ccccc3OC(=O)CCC=CC)c3ccc([nH]3)c(-c3ccccc3OC(=O)CCC=CC)c3nc(c(-c4ccccc4OC(=O)CCC=CC)c4ccc1[nH]4)C=C3)C=C2.[Zn]. The summed E-state index contributed by atoms with van der Waals surface area (Å²) < 4.78 is 24.7. The monoisotopic (exact) mass is 1130 g/mol. The number of carbonyl (C=O) groups excluding carboxylic acids is 4. The third-order valence-corrected chi connectivity index (χ3v) is 13.3. The van der Waals surface area contributed by atoms with Crippen LogP contribution in [0.4, 0.5) is 0 Å². The Morgan fingerprint density at radius 2 is 0.580 bits per heavy atom. The largest absolute Gasteiger partial charge is 0.426 e. The fourth-order valence-electron chi connectivity index (χ4n) is 9.55. The van der Waals surface area contributed by atoms with Crippen molar-refractivity contribution in [2.75, 3.05) is 0 Å². The molecule has 2 aliphatic heterocycles. The summed E-state index contributed by atoms with van der Waals surface area (Å²) >= 11 is 0. The Morgan fingerprint density at radius 1 is 0.358 bits per heavy atom. The Labute approximate surface area is 484 Å². The van der Waals surface area contributed by atoms with E-state index in [9.17, 15) is 19.2 Å². The number of hydrogen-bond acceptors (Lipinski definition) is 10. The molecule has 0 spiro atoms. The molecule has 404 valence electrons. The van der Waals surface area contributed by atoms with Gasteiger partial charge in [0.15, 0.2) is 0 Å². The minimum absolute atomic E-state index is 0. The van der Waals surface area contributed by atoms with Crippen LogP contribution in [0.15, 0.2) is 170 Å². The predicted molar refractivity (Wildman–Crippen MR) is 319 cm³/mol. The molecule has 0 saturated heterocycles. The second-order valence-electron chi connectivity index (χ2n) is 18.8. The van der Waals surface area contributed by atoms with Crippen LogP contribution in [0, 0.1) is 0 Å². The number of aromatic nitrogens is 4. The normalized spacial score (nSPS) is 11.9. The van der Waals surface area contributed by atoms with Crippen LogP contribution in [0.2, 0.25) is 0 Å². The van der Waals surface area contributed by atoms with E-state index in [1.54, 1.807) is 24.3 Å². The van der Waals surface area contributed by atoms with E-state index >= 15 is 0 Å². The molecule has 13 heteroatoms. The zero-order valence-electron chi connectivity index (χ0n) is 46.0. The number of aromatic amines is 2. The van der Waals surface area contributed by atoms with E-state index in [0.29, 0.717) is 138 Å². The van der Waals surface area contributed by atoms with Crippen molar-refractivity contribution in [1.82, 2.24) is 19.9 Å². The molecule has 3 aromatic heterocycles. The molecular formula is C68H62N4O8Zn. The molecule has 2 N–H and O–H groups in total. The Bertz CT molecular complexity index is 3350. The van der Waals surface area contributed by atoms with Gasteiger partial charge in [-0.1, -0.05) is 121 Å². The standard InChI is InChI=1S/C68H62N4O8.Zn/c1-5-9-13-33-61(73)77-57-29-21-17-25-45(57)65-49-37-39-51(69-49)66(46-26-18-22-30-58(46)78-62(74)34-14-10-6-2)53-41-43-55(71-53)68(48-28-20-24-32-60(48)80-64(76)36-16-12-8-4)56-44-42-54(72-56)67(52-40-38-50(65)70-52)47-27-19-23-31-59(47)79-63(75)35-15-11-7-3;/h5-12,17-32,37-44,69,72H,13-16,33-36H2,1-4H3;. The van der Waals surface area contributed by atoms with Crippen LogP contribution < -0.4 is 18.9 Å². The summed E-state index contributed by atoms with van der Waals surface area (Å²) in [6.07, 6.45) is 25.8. The van der Waals surface area contributed by atoms with Crippen molar-refractivity contribution in [2.45, 2.75) is 79.1 Å². The molecule has 0 radical (unpaired) electrons. The first kappa shape index (κ1) is 58.1. The van der Waals surface area contributed by atoms with Crippen molar-refractivity contribution in [2.24, 2.45) is 0 Å². The number of benzene rings is 4. The van der Waals surface area contributed by atoms with Gasteiger partial charge in [-0.15, -0.1) is 0 Å². The summed E-state index contributed by atoms with van der Waals surface area (Å²) in [5, 5.41) is 0. The smallest absolute Gasteiger partial charge is 0.311 e. The minimum Gasteiger partial charge on any atom is -0.426 e. The number of esters is 4. The number of fused-ring (bicyclic) bond motifs is 8. The van der Waals surface area contributed by atoms with Crippen molar-refractivity contribution >= 4 is 70.2 Å². The Balaban J connectivity index is 0.00000860. The fourth-order valence-corrected chi connectivity index (χ4v) is 9.55. The van der Waals surface area contributed by atoms with Gasteiger partial charge in [-0.25, -0.2) is 9.97 Å². The number of nitrogens with one attached hydrogen (secondary N) is 2. The Morgan fingerprint density at radius 3 is 0.802 bits per heavy atom. The zero-order chi connectivity index (χ0) is 55.8. The molecule has 12 nitrogen and oxygen atoms in total. The van der Waals surface area contributed by atoms with E-state index in [0.717, 1.165) is 0 Å². The zero-order valence-corrected chi connectivity index (χ0v) is 49.0. The molecule has 0 amide bonds. The maximum Gasteiger partial charge on any atom is 0.311 e. The average molecular weight is 1130 g/mol. The van der Waals surface area contributed by atoms with E-state index in [-0.39, 0.29) is 45.2 Å². The maximum atomic E-state index is 13.5. The van der Waals surface area contributed by atoms with Crippen LogP contribution in [-0.4, -0.2) is 43.8 Å². The first-order chi connectivity index (χ1) is 39.2. The molecule has 0 fully saturated rings.